The summed E-state index contributed by atoms with van der Waals surface area (Å²) in [4.78, 5) is 50.7. The topological polar surface area (TPSA) is 175 Å². The molecule has 6 unspecified atom stereocenters. The molecule has 0 bridgehead atoms. The number of carboxylic acid groups (broad SMARTS) is 1. The van der Waals surface area contributed by atoms with Gasteiger partial charge in [0.2, 0.25) is 0 Å². The number of rotatable bonds is 41. The standard InChI is InChI=1S/C55H88O12/c1-4-7-10-13-16-19-22-24-27-29-32-35-38-41-47(56)63-44-46(65-48(57)42-39-36-33-30-26-21-18-15-12-9-6-3)45-64-55-53(51(60)50(59)52(67-55)54(61)62)66-49(58)43-40-37-34-31-28-25-23-20-17-14-11-8-5-2/h7-8,10-11,15-20,24-25,27-28,46,50-53,55,59-60H,4-6,9,12-14,21-23,26,29-45H2,1-3H3,(H,61,62)/b10-7-,11-8-,18-15-,19-16-,20-17-,27-24-,28-25-. The zero-order valence-electron chi connectivity index (χ0n) is 41.4. The molecule has 0 aromatic carbocycles. The number of carbonyl (C=O) groups is 4. The van der Waals surface area contributed by atoms with Gasteiger partial charge in [0.15, 0.2) is 24.6 Å². The van der Waals surface area contributed by atoms with Crippen molar-refractivity contribution in [2.75, 3.05) is 13.2 Å². The molecule has 1 aliphatic rings. The molecular formula is C55H88O12. The summed E-state index contributed by atoms with van der Waals surface area (Å²) in [5.74, 6) is -3.23. The van der Waals surface area contributed by atoms with E-state index in [0.29, 0.717) is 19.3 Å². The van der Waals surface area contributed by atoms with Crippen molar-refractivity contribution in [3.8, 4) is 0 Å². The molecule has 380 valence electrons. The lowest BCUT2D eigenvalue weighted by molar-refractivity contribution is -0.301. The second kappa shape index (κ2) is 43.2. The minimum atomic E-state index is -1.92. The number of ether oxygens (including phenoxy) is 5. The summed E-state index contributed by atoms with van der Waals surface area (Å²) in [5.41, 5.74) is 0. The minimum Gasteiger partial charge on any atom is -0.479 e. The van der Waals surface area contributed by atoms with Crippen LogP contribution < -0.4 is 0 Å². The highest BCUT2D eigenvalue weighted by Crippen LogP contribution is 2.26. The quantitative estimate of drug-likeness (QED) is 0.0229. The van der Waals surface area contributed by atoms with Crippen LogP contribution in [-0.2, 0) is 42.9 Å². The number of aliphatic hydroxyl groups is 2. The lowest BCUT2D eigenvalue weighted by Gasteiger charge is -2.40. The summed E-state index contributed by atoms with van der Waals surface area (Å²) < 4.78 is 28.2. The third-order valence-electron chi connectivity index (χ3n) is 10.9. The summed E-state index contributed by atoms with van der Waals surface area (Å²) in [7, 11) is 0. The number of aliphatic hydroxyl groups excluding tert-OH is 2. The maximum atomic E-state index is 13.0. The summed E-state index contributed by atoms with van der Waals surface area (Å²) in [6.45, 7) is 5.63. The fourth-order valence-corrected chi connectivity index (χ4v) is 7.02. The third kappa shape index (κ3) is 33.9. The van der Waals surface area contributed by atoms with Crippen molar-refractivity contribution in [3.63, 3.8) is 0 Å². The Kier molecular flexibility index (Phi) is 39.3. The van der Waals surface area contributed by atoms with Crippen LogP contribution in [0.25, 0.3) is 0 Å². The molecule has 6 atom stereocenters. The van der Waals surface area contributed by atoms with E-state index in [1.165, 1.54) is 12.8 Å². The van der Waals surface area contributed by atoms with Gasteiger partial charge in [0, 0.05) is 19.3 Å². The van der Waals surface area contributed by atoms with Gasteiger partial charge in [-0.25, -0.2) is 4.79 Å². The van der Waals surface area contributed by atoms with Crippen molar-refractivity contribution in [2.45, 2.75) is 225 Å². The zero-order valence-corrected chi connectivity index (χ0v) is 41.4. The van der Waals surface area contributed by atoms with Gasteiger partial charge in [0.05, 0.1) is 6.61 Å². The van der Waals surface area contributed by atoms with Crippen LogP contribution in [0.3, 0.4) is 0 Å². The Morgan fingerprint density at radius 3 is 1.46 bits per heavy atom. The van der Waals surface area contributed by atoms with Crippen molar-refractivity contribution in [2.24, 2.45) is 0 Å². The Labute approximate surface area is 403 Å². The molecule has 0 saturated carbocycles. The van der Waals surface area contributed by atoms with E-state index in [2.05, 4.69) is 106 Å². The van der Waals surface area contributed by atoms with E-state index >= 15 is 0 Å². The lowest BCUT2D eigenvalue weighted by Crippen LogP contribution is -2.61. The van der Waals surface area contributed by atoms with E-state index in [1.807, 2.05) is 0 Å². The number of hydrogen-bond acceptors (Lipinski definition) is 11. The molecule has 0 aromatic rings. The first kappa shape index (κ1) is 60.9. The van der Waals surface area contributed by atoms with Gasteiger partial charge in [0.1, 0.15) is 18.8 Å². The maximum Gasteiger partial charge on any atom is 0.335 e. The van der Waals surface area contributed by atoms with Gasteiger partial charge in [0.25, 0.3) is 0 Å². The average molecular weight is 941 g/mol. The molecule has 12 heteroatoms. The predicted octanol–water partition coefficient (Wildman–Crippen LogP) is 12.0. The molecule has 0 amide bonds. The molecule has 1 heterocycles. The van der Waals surface area contributed by atoms with Crippen molar-refractivity contribution in [3.05, 3.63) is 85.1 Å². The molecule has 0 spiro atoms. The molecule has 1 rings (SSSR count). The van der Waals surface area contributed by atoms with Gasteiger partial charge in [-0.2, -0.15) is 0 Å². The van der Waals surface area contributed by atoms with Gasteiger partial charge >= 0.3 is 23.9 Å². The summed E-state index contributed by atoms with van der Waals surface area (Å²) in [6, 6.07) is 0. The number of allylic oxidation sites excluding steroid dienone is 14. The van der Waals surface area contributed by atoms with Gasteiger partial charge in [-0.15, -0.1) is 0 Å². The fraction of sp³-hybridized carbons (Fsp3) is 0.673. The summed E-state index contributed by atoms with van der Waals surface area (Å²) in [5, 5.41) is 31.3. The van der Waals surface area contributed by atoms with E-state index in [4.69, 9.17) is 23.7 Å². The minimum absolute atomic E-state index is 0.0180. The van der Waals surface area contributed by atoms with Crippen molar-refractivity contribution >= 4 is 23.9 Å². The van der Waals surface area contributed by atoms with Crippen LogP contribution in [0.15, 0.2) is 85.1 Å². The number of unbranched alkanes of at least 4 members (excludes halogenated alkanes) is 13. The fourth-order valence-electron chi connectivity index (χ4n) is 7.02. The average Bonchev–Trinajstić information content (AvgIpc) is 3.31. The predicted molar refractivity (Wildman–Crippen MR) is 266 cm³/mol. The van der Waals surface area contributed by atoms with Gasteiger partial charge in [-0.1, -0.05) is 151 Å². The van der Waals surface area contributed by atoms with E-state index in [9.17, 15) is 34.5 Å². The Morgan fingerprint density at radius 2 is 0.940 bits per heavy atom. The number of carboxylic acids is 1. The molecule has 0 aliphatic carbocycles. The first-order chi connectivity index (χ1) is 32.6. The van der Waals surface area contributed by atoms with Crippen LogP contribution in [-0.4, -0.2) is 89.2 Å². The maximum absolute atomic E-state index is 13.0. The molecule has 67 heavy (non-hydrogen) atoms. The Hall–Kier alpha value is -4.10. The van der Waals surface area contributed by atoms with E-state index in [-0.39, 0.29) is 25.9 Å². The largest absolute Gasteiger partial charge is 0.479 e. The van der Waals surface area contributed by atoms with Crippen LogP contribution in [0.1, 0.15) is 188 Å². The SMILES string of the molecule is CC/C=C\C/C=C\C/C=C\CCCCCC(=O)OCC(COC1OC(C(=O)O)C(O)C(O)C1OC(=O)CCCCC/C=C\C/C=C\C/C=C\CC)OC(=O)CCCCCCC/C=C\CCCC. The number of esters is 3. The highest BCUT2D eigenvalue weighted by atomic mass is 16.7. The molecule has 1 aliphatic heterocycles. The number of aliphatic carboxylic acids is 1. The smallest absolute Gasteiger partial charge is 0.335 e. The van der Waals surface area contributed by atoms with Crippen molar-refractivity contribution in [1.82, 2.24) is 0 Å². The summed E-state index contributed by atoms with van der Waals surface area (Å²) in [6.07, 6.45) is 41.6. The van der Waals surface area contributed by atoms with Crippen LogP contribution in [0, 0.1) is 0 Å². The van der Waals surface area contributed by atoms with Crippen LogP contribution in [0.2, 0.25) is 0 Å². The molecule has 1 saturated heterocycles. The highest BCUT2D eigenvalue weighted by molar-refractivity contribution is 5.74. The highest BCUT2D eigenvalue weighted by Gasteiger charge is 2.50. The van der Waals surface area contributed by atoms with Crippen LogP contribution in [0.4, 0.5) is 0 Å². The normalized spacial score (nSPS) is 19.6. The second-order valence-corrected chi connectivity index (χ2v) is 17.0. The molecule has 12 nitrogen and oxygen atoms in total. The van der Waals surface area contributed by atoms with Crippen LogP contribution in [0.5, 0.6) is 0 Å². The van der Waals surface area contributed by atoms with Crippen molar-refractivity contribution in [1.29, 1.82) is 0 Å². The molecule has 1 fully saturated rings. The van der Waals surface area contributed by atoms with Gasteiger partial charge < -0.3 is 39.0 Å². The van der Waals surface area contributed by atoms with Crippen molar-refractivity contribution < 1.29 is 58.2 Å². The third-order valence-corrected chi connectivity index (χ3v) is 10.9. The first-order valence-corrected chi connectivity index (χ1v) is 25.6. The van der Waals surface area contributed by atoms with Crippen LogP contribution >= 0.6 is 0 Å². The van der Waals surface area contributed by atoms with Gasteiger partial charge in [-0.05, 0) is 103 Å². The Balaban J connectivity index is 2.79. The Morgan fingerprint density at radius 1 is 0.507 bits per heavy atom. The summed E-state index contributed by atoms with van der Waals surface area (Å²) >= 11 is 0. The Bertz CT molecular complexity index is 1490. The molecular weight excluding hydrogens is 853 g/mol. The second-order valence-electron chi connectivity index (χ2n) is 17.0. The first-order valence-electron chi connectivity index (χ1n) is 25.6. The van der Waals surface area contributed by atoms with E-state index < -0.39 is 67.3 Å². The molecule has 3 N–H and O–H groups in total. The number of hydrogen-bond donors (Lipinski definition) is 3. The van der Waals surface area contributed by atoms with Gasteiger partial charge in [-0.3, -0.25) is 14.4 Å². The zero-order chi connectivity index (χ0) is 49.0. The lowest BCUT2D eigenvalue weighted by atomic mass is 9.98. The van der Waals surface area contributed by atoms with E-state index in [0.717, 1.165) is 116 Å². The molecule has 0 radical (unpaired) electrons. The monoisotopic (exact) mass is 941 g/mol. The van der Waals surface area contributed by atoms with E-state index in [1.54, 1.807) is 0 Å². The number of carbonyl (C=O) groups excluding carboxylic acids is 3. The molecule has 0 aromatic heterocycles.